The van der Waals surface area contributed by atoms with E-state index in [1.807, 2.05) is 36.0 Å². The minimum atomic E-state index is 0.610. The van der Waals surface area contributed by atoms with Crippen molar-refractivity contribution >= 4 is 17.4 Å². The molecule has 98 valence electrons. The van der Waals surface area contributed by atoms with Crippen LogP contribution in [0.4, 0.5) is 5.69 Å². The van der Waals surface area contributed by atoms with Crippen LogP contribution in [0.3, 0.4) is 0 Å². The molecule has 0 aliphatic heterocycles. The van der Waals surface area contributed by atoms with E-state index >= 15 is 0 Å². The predicted molar refractivity (Wildman–Crippen MR) is 78.1 cm³/mol. The zero-order chi connectivity index (χ0) is 13.7. The Balaban J connectivity index is 2.18. The van der Waals surface area contributed by atoms with E-state index < -0.39 is 0 Å². The molecule has 0 saturated carbocycles. The van der Waals surface area contributed by atoms with Gasteiger partial charge in [-0.15, -0.1) is 11.8 Å². The number of hydrogen-bond donors (Lipinski definition) is 1. The summed E-state index contributed by atoms with van der Waals surface area (Å²) in [4.78, 5) is 5.28. The van der Waals surface area contributed by atoms with Crippen molar-refractivity contribution in [2.45, 2.75) is 18.4 Å². The Bertz CT molecular complexity index is 598. The monoisotopic (exact) mass is 272 g/mol. The molecule has 0 amide bonds. The van der Waals surface area contributed by atoms with Crippen molar-refractivity contribution in [2.24, 2.45) is 7.05 Å². The number of nitriles is 1. The largest absolute Gasteiger partial charge is 0.377 e. The minimum absolute atomic E-state index is 0.610. The quantitative estimate of drug-likeness (QED) is 0.850. The molecule has 1 aromatic heterocycles. The number of aryl methyl sites for hydroxylation is 1. The molecule has 5 heteroatoms. The SMILES string of the molecule is CCSc1cccc(NCc2nccn2C)c1C#N. The highest BCUT2D eigenvalue weighted by Crippen LogP contribution is 2.27. The molecule has 4 nitrogen and oxygen atoms in total. The molecule has 2 rings (SSSR count). The topological polar surface area (TPSA) is 53.6 Å². The van der Waals surface area contributed by atoms with E-state index in [0.717, 1.165) is 22.2 Å². The molecule has 0 bridgehead atoms. The Morgan fingerprint density at radius 3 is 2.95 bits per heavy atom. The number of rotatable bonds is 5. The molecule has 0 saturated heterocycles. The van der Waals surface area contributed by atoms with Crippen molar-refractivity contribution in [3.8, 4) is 6.07 Å². The minimum Gasteiger partial charge on any atom is -0.377 e. The summed E-state index contributed by atoms with van der Waals surface area (Å²) in [6, 6.07) is 8.17. The van der Waals surface area contributed by atoms with Crippen molar-refractivity contribution < 1.29 is 0 Å². The van der Waals surface area contributed by atoms with Crippen molar-refractivity contribution in [3.63, 3.8) is 0 Å². The van der Waals surface area contributed by atoms with Crippen LogP contribution in [0.2, 0.25) is 0 Å². The molecule has 0 fully saturated rings. The van der Waals surface area contributed by atoms with Crippen molar-refractivity contribution in [1.82, 2.24) is 9.55 Å². The normalized spacial score (nSPS) is 10.2. The first kappa shape index (κ1) is 13.5. The summed E-state index contributed by atoms with van der Waals surface area (Å²) in [5, 5.41) is 12.6. The van der Waals surface area contributed by atoms with Gasteiger partial charge in [0, 0.05) is 24.3 Å². The Morgan fingerprint density at radius 2 is 2.32 bits per heavy atom. The number of nitrogens with one attached hydrogen (secondary N) is 1. The highest BCUT2D eigenvalue weighted by Gasteiger charge is 2.08. The molecule has 0 unspecified atom stereocenters. The number of anilines is 1. The van der Waals surface area contributed by atoms with Crippen LogP contribution in [-0.2, 0) is 13.6 Å². The molecule has 0 radical (unpaired) electrons. The molecule has 0 aliphatic carbocycles. The van der Waals surface area contributed by atoms with Gasteiger partial charge in [0.2, 0.25) is 0 Å². The first-order valence-corrected chi connectivity index (χ1v) is 7.10. The second-order valence-corrected chi connectivity index (χ2v) is 5.34. The molecule has 1 N–H and O–H groups in total. The van der Waals surface area contributed by atoms with Gasteiger partial charge in [0.15, 0.2) is 0 Å². The van der Waals surface area contributed by atoms with Crippen LogP contribution < -0.4 is 5.32 Å². The van der Waals surface area contributed by atoms with E-state index in [0.29, 0.717) is 12.1 Å². The van der Waals surface area contributed by atoms with Crippen LogP contribution in [0.25, 0.3) is 0 Å². The van der Waals surface area contributed by atoms with E-state index in [9.17, 15) is 5.26 Å². The average molecular weight is 272 g/mol. The fraction of sp³-hybridized carbons (Fsp3) is 0.286. The number of hydrogen-bond acceptors (Lipinski definition) is 4. The standard InChI is InChI=1S/C14H16N4S/c1-3-19-13-6-4-5-12(11(13)9-15)17-10-14-16-7-8-18(14)2/h4-8,17H,3,10H2,1-2H3. The van der Waals surface area contributed by atoms with Gasteiger partial charge in [-0.1, -0.05) is 13.0 Å². The van der Waals surface area contributed by atoms with Gasteiger partial charge in [-0.3, -0.25) is 0 Å². The molecular formula is C14H16N4S. The van der Waals surface area contributed by atoms with Gasteiger partial charge < -0.3 is 9.88 Å². The second-order valence-electron chi connectivity index (χ2n) is 4.03. The maximum Gasteiger partial charge on any atom is 0.127 e. The molecule has 2 aromatic rings. The van der Waals surface area contributed by atoms with Crippen LogP contribution in [0, 0.1) is 11.3 Å². The number of imidazole rings is 1. The van der Waals surface area contributed by atoms with E-state index in [-0.39, 0.29) is 0 Å². The third-order valence-electron chi connectivity index (χ3n) is 2.80. The van der Waals surface area contributed by atoms with Gasteiger partial charge in [-0.2, -0.15) is 5.26 Å². The molecule has 0 aliphatic rings. The number of benzene rings is 1. The summed E-state index contributed by atoms with van der Waals surface area (Å²) in [7, 11) is 1.96. The third kappa shape index (κ3) is 3.09. The molecular weight excluding hydrogens is 256 g/mol. The van der Waals surface area contributed by atoms with Crippen molar-refractivity contribution in [3.05, 3.63) is 42.0 Å². The van der Waals surface area contributed by atoms with Crippen LogP contribution >= 0.6 is 11.8 Å². The van der Waals surface area contributed by atoms with Crippen molar-refractivity contribution in [1.29, 1.82) is 5.26 Å². The molecule has 1 heterocycles. The lowest BCUT2D eigenvalue weighted by Gasteiger charge is -2.11. The lowest BCUT2D eigenvalue weighted by Crippen LogP contribution is -2.07. The van der Waals surface area contributed by atoms with Gasteiger partial charge in [0.05, 0.1) is 17.8 Å². The second kappa shape index (κ2) is 6.30. The summed E-state index contributed by atoms with van der Waals surface area (Å²) < 4.78 is 1.96. The van der Waals surface area contributed by atoms with Crippen LogP contribution in [0.5, 0.6) is 0 Å². The van der Waals surface area contributed by atoms with E-state index in [1.165, 1.54) is 0 Å². The molecule has 19 heavy (non-hydrogen) atoms. The summed E-state index contributed by atoms with van der Waals surface area (Å²) in [6.07, 6.45) is 3.68. The predicted octanol–water partition coefficient (Wildman–Crippen LogP) is 3.02. The lowest BCUT2D eigenvalue weighted by molar-refractivity contribution is 0.812. The molecule has 0 atom stereocenters. The zero-order valence-corrected chi connectivity index (χ0v) is 11.9. The van der Waals surface area contributed by atoms with Gasteiger partial charge in [-0.25, -0.2) is 4.98 Å². The number of aromatic nitrogens is 2. The van der Waals surface area contributed by atoms with E-state index in [2.05, 4.69) is 23.3 Å². The Morgan fingerprint density at radius 1 is 1.47 bits per heavy atom. The fourth-order valence-corrected chi connectivity index (χ4v) is 2.60. The first-order chi connectivity index (χ1) is 9.26. The zero-order valence-electron chi connectivity index (χ0n) is 11.1. The third-order valence-corrected chi connectivity index (χ3v) is 3.74. The Kier molecular flexibility index (Phi) is 4.48. The van der Waals surface area contributed by atoms with Gasteiger partial charge in [0.1, 0.15) is 11.9 Å². The smallest absolute Gasteiger partial charge is 0.127 e. The molecule has 0 spiro atoms. The summed E-state index contributed by atoms with van der Waals surface area (Å²) in [5.41, 5.74) is 1.58. The lowest BCUT2D eigenvalue weighted by atomic mass is 10.2. The van der Waals surface area contributed by atoms with Crippen LogP contribution in [-0.4, -0.2) is 15.3 Å². The fourth-order valence-electron chi connectivity index (χ4n) is 1.81. The average Bonchev–Trinajstić information content (AvgIpc) is 2.82. The van der Waals surface area contributed by atoms with Gasteiger partial charge in [0.25, 0.3) is 0 Å². The highest BCUT2D eigenvalue weighted by molar-refractivity contribution is 7.99. The van der Waals surface area contributed by atoms with Crippen LogP contribution in [0.1, 0.15) is 18.3 Å². The Hall–Kier alpha value is -1.93. The summed E-state index contributed by atoms with van der Waals surface area (Å²) >= 11 is 1.68. The van der Waals surface area contributed by atoms with Gasteiger partial charge >= 0.3 is 0 Å². The van der Waals surface area contributed by atoms with E-state index in [4.69, 9.17) is 0 Å². The number of thioether (sulfide) groups is 1. The van der Waals surface area contributed by atoms with Gasteiger partial charge in [-0.05, 0) is 17.9 Å². The highest BCUT2D eigenvalue weighted by atomic mass is 32.2. The van der Waals surface area contributed by atoms with Crippen molar-refractivity contribution in [2.75, 3.05) is 11.1 Å². The maximum atomic E-state index is 9.31. The summed E-state index contributed by atoms with van der Waals surface area (Å²) in [5.74, 6) is 1.90. The Labute approximate surface area is 117 Å². The maximum absolute atomic E-state index is 9.31. The van der Waals surface area contributed by atoms with E-state index in [1.54, 1.807) is 18.0 Å². The summed E-state index contributed by atoms with van der Waals surface area (Å²) in [6.45, 7) is 2.69. The number of nitrogens with zero attached hydrogens (tertiary/aromatic N) is 3. The first-order valence-electron chi connectivity index (χ1n) is 6.12. The molecule has 1 aromatic carbocycles. The van der Waals surface area contributed by atoms with Crippen LogP contribution in [0.15, 0.2) is 35.5 Å².